The minimum absolute atomic E-state index is 0.0113. The molecule has 7 nitrogen and oxygen atoms in total. The van der Waals surface area contributed by atoms with Crippen LogP contribution in [0.5, 0.6) is 0 Å². The first-order valence-electron chi connectivity index (χ1n) is 12.4. The Morgan fingerprint density at radius 3 is 2.58 bits per heavy atom. The summed E-state index contributed by atoms with van der Waals surface area (Å²) in [5, 5.41) is 3.54. The number of halogens is 1. The summed E-state index contributed by atoms with van der Waals surface area (Å²) in [4.78, 5) is 39.0. The summed E-state index contributed by atoms with van der Waals surface area (Å²) >= 11 is 6.21. The van der Waals surface area contributed by atoms with Crippen LogP contribution >= 0.6 is 11.6 Å². The Morgan fingerprint density at radius 2 is 1.83 bits per heavy atom. The fraction of sp³-hybridized carbons (Fsp3) is 0.357. The van der Waals surface area contributed by atoms with Crippen molar-refractivity contribution in [2.24, 2.45) is 0 Å². The number of anilines is 1. The van der Waals surface area contributed by atoms with Crippen LogP contribution in [-0.4, -0.2) is 52.9 Å². The number of piperidine rings is 1. The number of hydrogen-bond donors (Lipinski definition) is 1. The number of amides is 2. The highest BCUT2D eigenvalue weighted by Gasteiger charge is 2.29. The first-order chi connectivity index (χ1) is 17.4. The molecule has 3 aromatic rings. The van der Waals surface area contributed by atoms with E-state index in [4.69, 9.17) is 11.6 Å². The zero-order valence-corrected chi connectivity index (χ0v) is 21.3. The molecule has 2 amide bonds. The highest BCUT2D eigenvalue weighted by atomic mass is 35.5. The van der Waals surface area contributed by atoms with Gasteiger partial charge in [-0.3, -0.25) is 9.59 Å². The first-order valence-corrected chi connectivity index (χ1v) is 12.8. The smallest absolute Gasteiger partial charge is 0.253 e. The van der Waals surface area contributed by atoms with Crippen molar-refractivity contribution in [3.05, 3.63) is 87.8 Å². The van der Waals surface area contributed by atoms with Gasteiger partial charge in [0, 0.05) is 43.5 Å². The molecule has 0 spiro atoms. The fourth-order valence-electron chi connectivity index (χ4n) is 5.23. The average molecular weight is 504 g/mol. The molecule has 186 valence electrons. The highest BCUT2D eigenvalue weighted by molar-refractivity contribution is 6.33. The van der Waals surface area contributed by atoms with Gasteiger partial charge in [-0.25, -0.2) is 9.97 Å². The van der Waals surface area contributed by atoms with Gasteiger partial charge >= 0.3 is 0 Å². The van der Waals surface area contributed by atoms with E-state index < -0.39 is 0 Å². The lowest BCUT2D eigenvalue weighted by Crippen LogP contribution is -2.46. The summed E-state index contributed by atoms with van der Waals surface area (Å²) in [7, 11) is 1.89. The van der Waals surface area contributed by atoms with E-state index in [0.717, 1.165) is 55.8 Å². The van der Waals surface area contributed by atoms with Crippen LogP contribution in [0.1, 0.15) is 62.8 Å². The van der Waals surface area contributed by atoms with Crippen molar-refractivity contribution in [3.8, 4) is 0 Å². The number of aryl methyl sites for hydroxylation is 2. The van der Waals surface area contributed by atoms with Gasteiger partial charge in [0.25, 0.3) is 11.8 Å². The van der Waals surface area contributed by atoms with Crippen LogP contribution in [0.3, 0.4) is 0 Å². The molecule has 8 heteroatoms. The van der Waals surface area contributed by atoms with Crippen LogP contribution in [-0.2, 0) is 6.42 Å². The Kier molecular flexibility index (Phi) is 6.92. The Morgan fingerprint density at radius 1 is 1.06 bits per heavy atom. The van der Waals surface area contributed by atoms with Crippen molar-refractivity contribution in [1.29, 1.82) is 0 Å². The maximum absolute atomic E-state index is 13.4. The molecule has 0 saturated carbocycles. The van der Waals surface area contributed by atoms with Gasteiger partial charge < -0.3 is 15.1 Å². The molecule has 36 heavy (non-hydrogen) atoms. The van der Waals surface area contributed by atoms with E-state index in [1.807, 2.05) is 43.1 Å². The summed E-state index contributed by atoms with van der Waals surface area (Å²) in [6.07, 6.45) is 5.04. The molecule has 2 aliphatic rings. The maximum atomic E-state index is 13.4. The Hall–Kier alpha value is -3.45. The fourth-order valence-corrected chi connectivity index (χ4v) is 5.45. The molecule has 0 unspecified atom stereocenters. The lowest BCUT2D eigenvalue weighted by molar-refractivity contribution is 0.0709. The number of benzene rings is 2. The minimum atomic E-state index is -0.196. The Balaban J connectivity index is 1.25. The minimum Gasteiger partial charge on any atom is -0.356 e. The normalized spacial score (nSPS) is 17.5. The molecule has 1 atom stereocenters. The molecule has 1 aliphatic carbocycles. The second-order valence-corrected chi connectivity index (χ2v) is 10.0. The van der Waals surface area contributed by atoms with Gasteiger partial charge in [0.2, 0.25) is 0 Å². The average Bonchev–Trinajstić information content (AvgIpc) is 3.30. The lowest BCUT2D eigenvalue weighted by atomic mass is 10.00. The lowest BCUT2D eigenvalue weighted by Gasteiger charge is -2.37. The van der Waals surface area contributed by atoms with Gasteiger partial charge in [-0.2, -0.15) is 0 Å². The molecule has 1 fully saturated rings. The monoisotopic (exact) mass is 503 g/mol. The molecular weight excluding hydrogens is 474 g/mol. The van der Waals surface area contributed by atoms with Crippen molar-refractivity contribution in [3.63, 3.8) is 0 Å². The number of rotatable bonds is 5. The third-order valence-electron chi connectivity index (χ3n) is 7.34. The van der Waals surface area contributed by atoms with Crippen LogP contribution < -0.4 is 10.2 Å². The van der Waals surface area contributed by atoms with Gasteiger partial charge in [0.15, 0.2) is 0 Å². The number of nitrogens with zero attached hydrogens (tertiary/aromatic N) is 4. The highest BCUT2D eigenvalue weighted by Crippen LogP contribution is 2.33. The molecule has 1 aliphatic heterocycles. The number of hydrogen-bond acceptors (Lipinski definition) is 5. The van der Waals surface area contributed by atoms with Crippen molar-refractivity contribution in [2.75, 3.05) is 25.0 Å². The topological polar surface area (TPSA) is 78.4 Å². The second-order valence-electron chi connectivity index (χ2n) is 9.61. The van der Waals surface area contributed by atoms with Crippen LogP contribution in [0, 0.1) is 6.92 Å². The SMILES string of the molecule is Cc1cc(N2CCC(N(C)C(=O)c3ccc4c(c3)[C@H](NC(=O)c3ccccc3Cl)CC4)CC2)ncn1. The molecular formula is C28H30ClN5O2. The number of aromatic nitrogens is 2. The van der Waals surface area contributed by atoms with Crippen molar-refractivity contribution >= 4 is 29.2 Å². The van der Waals surface area contributed by atoms with Crippen LogP contribution in [0.2, 0.25) is 5.02 Å². The quantitative estimate of drug-likeness (QED) is 0.550. The van der Waals surface area contributed by atoms with Crippen molar-refractivity contribution < 1.29 is 9.59 Å². The van der Waals surface area contributed by atoms with Crippen molar-refractivity contribution in [1.82, 2.24) is 20.2 Å². The molecule has 0 radical (unpaired) electrons. The second kappa shape index (κ2) is 10.3. The molecule has 1 aromatic heterocycles. The summed E-state index contributed by atoms with van der Waals surface area (Å²) < 4.78 is 0. The Bertz CT molecular complexity index is 1290. The summed E-state index contributed by atoms with van der Waals surface area (Å²) in [5.74, 6) is 0.758. The van der Waals surface area contributed by atoms with Gasteiger partial charge in [0.05, 0.1) is 16.6 Å². The van der Waals surface area contributed by atoms with E-state index in [0.29, 0.717) is 16.1 Å². The zero-order valence-electron chi connectivity index (χ0n) is 20.6. The third kappa shape index (κ3) is 4.93. The van der Waals surface area contributed by atoms with Crippen LogP contribution in [0.25, 0.3) is 0 Å². The number of fused-ring (bicyclic) bond motifs is 1. The molecule has 0 bridgehead atoms. The van der Waals surface area contributed by atoms with E-state index in [1.54, 1.807) is 30.6 Å². The van der Waals surface area contributed by atoms with Gasteiger partial charge in [-0.15, -0.1) is 0 Å². The van der Waals surface area contributed by atoms with E-state index in [9.17, 15) is 9.59 Å². The zero-order chi connectivity index (χ0) is 25.2. The van der Waals surface area contributed by atoms with E-state index in [1.165, 1.54) is 5.56 Å². The van der Waals surface area contributed by atoms with Crippen LogP contribution in [0.15, 0.2) is 54.9 Å². The van der Waals surface area contributed by atoms with E-state index >= 15 is 0 Å². The summed E-state index contributed by atoms with van der Waals surface area (Å²) in [5.41, 5.74) is 4.26. The van der Waals surface area contributed by atoms with Crippen molar-refractivity contribution in [2.45, 2.75) is 44.7 Å². The molecule has 2 aromatic carbocycles. The Labute approximate surface area is 216 Å². The van der Waals surface area contributed by atoms with Gasteiger partial charge in [0.1, 0.15) is 12.1 Å². The maximum Gasteiger partial charge on any atom is 0.253 e. The summed E-state index contributed by atoms with van der Waals surface area (Å²) in [6, 6.07) is 15.0. The largest absolute Gasteiger partial charge is 0.356 e. The number of carbonyl (C=O) groups is 2. The van der Waals surface area contributed by atoms with E-state index in [-0.39, 0.29) is 23.9 Å². The van der Waals surface area contributed by atoms with Gasteiger partial charge in [-0.05, 0) is 68.0 Å². The molecule has 1 N–H and O–H groups in total. The molecule has 1 saturated heterocycles. The first kappa shape index (κ1) is 24.3. The molecule has 2 heterocycles. The third-order valence-corrected chi connectivity index (χ3v) is 7.67. The number of carbonyl (C=O) groups excluding carboxylic acids is 2. The predicted molar refractivity (Wildman–Crippen MR) is 141 cm³/mol. The predicted octanol–water partition coefficient (Wildman–Crippen LogP) is 4.60. The van der Waals surface area contributed by atoms with Crippen LogP contribution in [0.4, 0.5) is 5.82 Å². The van der Waals surface area contributed by atoms with E-state index in [2.05, 4.69) is 20.2 Å². The number of nitrogens with one attached hydrogen (secondary N) is 1. The summed E-state index contributed by atoms with van der Waals surface area (Å²) in [6.45, 7) is 3.66. The standard InChI is InChI=1S/C28H30ClN5O2/c1-18-15-26(31-17-30-18)34-13-11-21(12-14-34)33(2)28(36)20-8-7-19-9-10-25(23(19)16-20)32-27(35)22-5-3-4-6-24(22)29/h3-8,15-17,21,25H,9-14H2,1-2H3,(H,32,35)/t25-/m1/s1. The van der Waals surface area contributed by atoms with Gasteiger partial charge in [-0.1, -0.05) is 29.8 Å². The molecule has 5 rings (SSSR count).